The average molecular weight is 407 g/mol. The van der Waals surface area contributed by atoms with Crippen molar-refractivity contribution < 1.29 is 17.9 Å². The molecule has 1 aromatic heterocycles. The summed E-state index contributed by atoms with van der Waals surface area (Å²) in [5.74, 6) is -0.656. The monoisotopic (exact) mass is 406 g/mol. The summed E-state index contributed by atoms with van der Waals surface area (Å²) < 4.78 is 28.7. The number of fused-ring (bicyclic) bond motifs is 1. The van der Waals surface area contributed by atoms with Crippen LogP contribution in [0.15, 0.2) is 52.2 Å². The number of benzene rings is 2. The van der Waals surface area contributed by atoms with Gasteiger partial charge >= 0.3 is 5.97 Å². The minimum atomic E-state index is -3.51. The molecule has 0 bridgehead atoms. The second-order valence-corrected chi connectivity index (χ2v) is 8.35. The summed E-state index contributed by atoms with van der Waals surface area (Å²) in [6, 6.07) is 10.6. The highest BCUT2D eigenvalue weighted by Crippen LogP contribution is 2.24. The molecule has 2 aromatic carbocycles. The first-order valence-electron chi connectivity index (χ1n) is 7.86. The molecule has 9 heteroatoms. The van der Waals surface area contributed by atoms with Crippen molar-refractivity contribution in [3.63, 3.8) is 0 Å². The smallest absolute Gasteiger partial charge is 0.340 e. The number of ether oxygens (including phenoxy) is 1. The summed E-state index contributed by atoms with van der Waals surface area (Å²) in [6.07, 6.45) is 0.144. The Labute approximate surface area is 159 Å². The minimum absolute atomic E-state index is 0.0521. The number of carbonyl (C=O) groups is 1. The van der Waals surface area contributed by atoms with Crippen molar-refractivity contribution in [3.8, 4) is 0 Å². The Hall–Kier alpha value is -2.71. The van der Waals surface area contributed by atoms with Gasteiger partial charge < -0.3 is 9.72 Å². The van der Waals surface area contributed by atoms with E-state index in [0.29, 0.717) is 10.9 Å². The first-order valence-corrected chi connectivity index (χ1v) is 10.1. The summed E-state index contributed by atoms with van der Waals surface area (Å²) in [7, 11) is -3.51. The first-order chi connectivity index (χ1) is 12.7. The third kappa shape index (κ3) is 4.01. The summed E-state index contributed by atoms with van der Waals surface area (Å²) in [5.41, 5.74) is 0.0291. The highest BCUT2D eigenvalue weighted by molar-refractivity contribution is 7.90. The van der Waals surface area contributed by atoms with Crippen molar-refractivity contribution >= 4 is 38.3 Å². The zero-order valence-electron chi connectivity index (χ0n) is 14.4. The number of sulfone groups is 1. The van der Waals surface area contributed by atoms with Gasteiger partial charge in [-0.05, 0) is 37.3 Å². The Morgan fingerprint density at radius 2 is 1.93 bits per heavy atom. The number of aromatic nitrogens is 2. The number of hydrogen-bond donors (Lipinski definition) is 1. The van der Waals surface area contributed by atoms with E-state index >= 15 is 0 Å². The lowest BCUT2D eigenvalue weighted by Gasteiger charge is -2.14. The van der Waals surface area contributed by atoms with Gasteiger partial charge in [-0.25, -0.2) is 18.2 Å². The van der Waals surface area contributed by atoms with Crippen LogP contribution in [-0.4, -0.2) is 30.6 Å². The van der Waals surface area contributed by atoms with Gasteiger partial charge in [0, 0.05) is 6.26 Å². The number of para-hydroxylation sites is 1. The molecule has 0 saturated carbocycles. The Balaban J connectivity index is 1.92. The molecule has 27 heavy (non-hydrogen) atoms. The number of H-pyrrole nitrogens is 1. The van der Waals surface area contributed by atoms with Gasteiger partial charge in [0.2, 0.25) is 0 Å². The second-order valence-electron chi connectivity index (χ2n) is 5.93. The van der Waals surface area contributed by atoms with Gasteiger partial charge in [0.15, 0.2) is 21.8 Å². The lowest BCUT2D eigenvalue weighted by Crippen LogP contribution is -2.17. The van der Waals surface area contributed by atoms with Crippen molar-refractivity contribution in [2.45, 2.75) is 17.9 Å². The number of carbonyl (C=O) groups excluding carboxylic acids is 1. The van der Waals surface area contributed by atoms with Gasteiger partial charge in [0.1, 0.15) is 0 Å². The zero-order chi connectivity index (χ0) is 19.8. The number of rotatable bonds is 4. The van der Waals surface area contributed by atoms with Gasteiger partial charge in [-0.15, -0.1) is 0 Å². The van der Waals surface area contributed by atoms with Crippen LogP contribution in [0.4, 0.5) is 0 Å². The second kappa shape index (κ2) is 7.13. The predicted octanol–water partition coefficient (Wildman–Crippen LogP) is 2.90. The minimum Gasteiger partial charge on any atom is -0.451 e. The third-order valence-corrected chi connectivity index (χ3v) is 5.33. The van der Waals surface area contributed by atoms with Crippen LogP contribution >= 0.6 is 11.6 Å². The van der Waals surface area contributed by atoms with Crippen molar-refractivity contribution in [3.05, 3.63) is 69.2 Å². The lowest BCUT2D eigenvalue weighted by molar-refractivity contribution is 0.0320. The van der Waals surface area contributed by atoms with Gasteiger partial charge in [0.05, 0.1) is 26.4 Å². The van der Waals surface area contributed by atoms with Crippen LogP contribution in [0.1, 0.15) is 29.2 Å². The van der Waals surface area contributed by atoms with Crippen LogP contribution in [0.25, 0.3) is 10.9 Å². The summed E-state index contributed by atoms with van der Waals surface area (Å²) in [6.45, 7) is 1.54. The Morgan fingerprint density at radius 3 is 2.63 bits per heavy atom. The largest absolute Gasteiger partial charge is 0.451 e. The van der Waals surface area contributed by atoms with Crippen LogP contribution in [-0.2, 0) is 14.6 Å². The van der Waals surface area contributed by atoms with Gasteiger partial charge in [-0.2, -0.15) is 0 Å². The maximum absolute atomic E-state index is 12.5. The molecular weight excluding hydrogens is 392 g/mol. The zero-order valence-corrected chi connectivity index (χ0v) is 16.0. The summed E-state index contributed by atoms with van der Waals surface area (Å²) in [4.78, 5) is 31.4. The molecule has 1 N–H and O–H groups in total. The molecule has 1 atom stereocenters. The molecular formula is C18H15ClN2O5S. The molecule has 7 nitrogen and oxygen atoms in total. The Kier molecular flexibility index (Phi) is 5.03. The van der Waals surface area contributed by atoms with Crippen LogP contribution in [0.5, 0.6) is 0 Å². The van der Waals surface area contributed by atoms with Crippen molar-refractivity contribution in [2.75, 3.05) is 6.26 Å². The standard InChI is InChI=1S/C18H15ClN2O5S/c1-10(16-20-15-6-4-3-5-12(15)17(22)21-16)26-18(23)13-9-11(27(2,24)25)7-8-14(13)19/h3-10H,1-2H3,(H,20,21,22)/t10-/m1/s1. The van der Waals surface area contributed by atoms with Gasteiger partial charge in [-0.3, -0.25) is 4.79 Å². The number of nitrogens with zero attached hydrogens (tertiary/aromatic N) is 1. The number of hydrogen-bond acceptors (Lipinski definition) is 6. The van der Waals surface area contributed by atoms with Crippen molar-refractivity contribution in [2.24, 2.45) is 0 Å². The highest BCUT2D eigenvalue weighted by Gasteiger charge is 2.21. The molecule has 0 aliphatic heterocycles. The van der Waals surface area contributed by atoms with E-state index in [4.69, 9.17) is 16.3 Å². The van der Waals surface area contributed by atoms with Crippen LogP contribution in [0.3, 0.4) is 0 Å². The van der Waals surface area contributed by atoms with E-state index in [-0.39, 0.29) is 26.9 Å². The van der Waals surface area contributed by atoms with E-state index in [9.17, 15) is 18.0 Å². The topological polar surface area (TPSA) is 106 Å². The quantitative estimate of drug-likeness (QED) is 0.667. The molecule has 0 saturated heterocycles. The fourth-order valence-electron chi connectivity index (χ4n) is 2.47. The molecule has 0 radical (unpaired) electrons. The predicted molar refractivity (Wildman–Crippen MR) is 101 cm³/mol. The fraction of sp³-hybridized carbons (Fsp3) is 0.167. The normalized spacial score (nSPS) is 12.7. The van der Waals surface area contributed by atoms with E-state index in [1.807, 2.05) is 0 Å². The number of esters is 1. The molecule has 1 heterocycles. The third-order valence-electron chi connectivity index (χ3n) is 3.89. The lowest BCUT2D eigenvalue weighted by atomic mass is 10.2. The molecule has 3 rings (SSSR count). The van der Waals surface area contributed by atoms with Crippen LogP contribution in [0.2, 0.25) is 5.02 Å². The number of halogens is 1. The van der Waals surface area contributed by atoms with Gasteiger partial charge in [0.25, 0.3) is 5.56 Å². The van der Waals surface area contributed by atoms with Gasteiger partial charge in [-0.1, -0.05) is 23.7 Å². The molecule has 140 valence electrons. The van der Waals surface area contributed by atoms with Crippen LogP contribution in [0, 0.1) is 0 Å². The Morgan fingerprint density at radius 1 is 1.22 bits per heavy atom. The molecule has 0 unspecified atom stereocenters. The van der Waals surface area contributed by atoms with Crippen LogP contribution < -0.4 is 5.56 Å². The van der Waals surface area contributed by atoms with E-state index in [0.717, 1.165) is 12.3 Å². The van der Waals surface area contributed by atoms with Crippen molar-refractivity contribution in [1.82, 2.24) is 9.97 Å². The molecule has 0 spiro atoms. The van der Waals surface area contributed by atoms with E-state index in [2.05, 4.69) is 9.97 Å². The van der Waals surface area contributed by atoms with E-state index in [1.165, 1.54) is 12.1 Å². The maximum Gasteiger partial charge on any atom is 0.340 e. The van der Waals surface area contributed by atoms with E-state index < -0.39 is 21.9 Å². The summed E-state index contributed by atoms with van der Waals surface area (Å²) in [5, 5.41) is 0.475. The molecule has 0 amide bonds. The number of aromatic amines is 1. The number of nitrogens with one attached hydrogen (secondary N) is 1. The average Bonchev–Trinajstić information content (AvgIpc) is 2.61. The fourth-order valence-corrected chi connectivity index (χ4v) is 3.31. The first kappa shape index (κ1) is 19.1. The molecule has 3 aromatic rings. The Bertz CT molecular complexity index is 1200. The SMILES string of the molecule is C[C@@H](OC(=O)c1cc(S(C)(=O)=O)ccc1Cl)c1nc2ccccc2c(=O)[nH]1. The summed E-state index contributed by atoms with van der Waals surface area (Å²) >= 11 is 6.00. The highest BCUT2D eigenvalue weighted by atomic mass is 35.5. The maximum atomic E-state index is 12.5. The molecule has 0 aliphatic rings. The van der Waals surface area contributed by atoms with E-state index in [1.54, 1.807) is 31.2 Å². The molecule has 0 aliphatic carbocycles. The molecule has 0 fully saturated rings. The van der Waals surface area contributed by atoms with Crippen molar-refractivity contribution in [1.29, 1.82) is 0 Å².